The van der Waals surface area contributed by atoms with Crippen LogP contribution in [0.25, 0.3) is 0 Å². The van der Waals surface area contributed by atoms with Crippen LogP contribution in [-0.2, 0) is 4.79 Å². The smallest absolute Gasteiger partial charge is 0.253 e. The molecule has 0 aromatic heterocycles. The van der Waals surface area contributed by atoms with Crippen LogP contribution in [0.15, 0.2) is 54.6 Å². The van der Waals surface area contributed by atoms with Gasteiger partial charge in [-0.15, -0.1) is 0 Å². The lowest BCUT2D eigenvalue weighted by molar-refractivity contribution is -0.124. The molecular formula is C22H25ClN2O2. The lowest BCUT2D eigenvalue weighted by atomic mass is 9.99. The molecule has 2 aromatic carbocycles. The van der Waals surface area contributed by atoms with Crippen molar-refractivity contribution in [2.75, 3.05) is 0 Å². The van der Waals surface area contributed by atoms with E-state index in [1.54, 1.807) is 24.3 Å². The maximum Gasteiger partial charge on any atom is 0.253 e. The molecule has 142 valence electrons. The molecule has 3 rings (SSSR count). The van der Waals surface area contributed by atoms with Gasteiger partial charge < -0.3 is 10.6 Å². The number of amides is 2. The third kappa shape index (κ3) is 4.89. The highest BCUT2D eigenvalue weighted by atomic mass is 35.5. The van der Waals surface area contributed by atoms with Crippen LogP contribution in [0.3, 0.4) is 0 Å². The van der Waals surface area contributed by atoms with Crippen LogP contribution < -0.4 is 10.6 Å². The Morgan fingerprint density at radius 3 is 2.19 bits per heavy atom. The molecule has 2 unspecified atom stereocenters. The van der Waals surface area contributed by atoms with Gasteiger partial charge >= 0.3 is 0 Å². The Hall–Kier alpha value is -2.33. The molecule has 1 fully saturated rings. The van der Waals surface area contributed by atoms with Crippen LogP contribution in [0.5, 0.6) is 0 Å². The molecule has 1 aliphatic rings. The van der Waals surface area contributed by atoms with E-state index in [4.69, 9.17) is 11.6 Å². The molecule has 2 atom stereocenters. The predicted molar refractivity (Wildman–Crippen MR) is 108 cm³/mol. The van der Waals surface area contributed by atoms with Gasteiger partial charge in [-0.1, -0.05) is 67.9 Å². The predicted octanol–water partition coefficient (Wildman–Crippen LogP) is 4.36. The van der Waals surface area contributed by atoms with E-state index in [9.17, 15) is 9.59 Å². The summed E-state index contributed by atoms with van der Waals surface area (Å²) in [5.74, 6) is -0.0845. The van der Waals surface area contributed by atoms with E-state index < -0.39 is 6.04 Å². The Morgan fingerprint density at radius 2 is 1.59 bits per heavy atom. The first-order valence-corrected chi connectivity index (χ1v) is 9.76. The van der Waals surface area contributed by atoms with Crippen molar-refractivity contribution in [1.29, 1.82) is 0 Å². The Kier molecular flexibility index (Phi) is 6.17. The van der Waals surface area contributed by atoms with Crippen molar-refractivity contribution in [1.82, 2.24) is 10.6 Å². The second-order valence-corrected chi connectivity index (χ2v) is 7.82. The molecule has 0 radical (unpaired) electrons. The third-order valence-electron chi connectivity index (χ3n) is 4.90. The zero-order valence-corrected chi connectivity index (χ0v) is 16.4. The van der Waals surface area contributed by atoms with E-state index in [1.807, 2.05) is 44.2 Å². The number of carbonyl (C=O) groups excluding carboxylic acids is 2. The zero-order chi connectivity index (χ0) is 19.4. The van der Waals surface area contributed by atoms with Crippen molar-refractivity contribution in [2.24, 2.45) is 11.8 Å². The molecule has 2 N–H and O–H groups in total. The number of benzene rings is 2. The standard InChI is InChI=1S/C22H25ClN2O2/c1-14(2)19(24-21(26)17-10-6-7-11-18(17)23)22(27)25-20(16-12-13-16)15-8-4-3-5-9-15/h3-11,14,16,19-20H,12-13H2,1-2H3,(H,24,26)(H,25,27). The van der Waals surface area contributed by atoms with Gasteiger partial charge in [-0.3, -0.25) is 9.59 Å². The van der Waals surface area contributed by atoms with Crippen molar-refractivity contribution in [2.45, 2.75) is 38.8 Å². The molecule has 0 saturated heterocycles. The first-order valence-electron chi connectivity index (χ1n) is 9.38. The van der Waals surface area contributed by atoms with E-state index in [1.165, 1.54) is 0 Å². The summed E-state index contributed by atoms with van der Waals surface area (Å²) in [6.45, 7) is 3.84. The lowest BCUT2D eigenvalue weighted by Gasteiger charge is -2.26. The van der Waals surface area contributed by atoms with Crippen molar-refractivity contribution in [3.05, 3.63) is 70.7 Å². The number of halogens is 1. The zero-order valence-electron chi connectivity index (χ0n) is 15.6. The molecule has 4 nitrogen and oxygen atoms in total. The summed E-state index contributed by atoms with van der Waals surface area (Å²) in [6, 6.07) is 16.2. The van der Waals surface area contributed by atoms with Crippen molar-refractivity contribution in [3.63, 3.8) is 0 Å². The Labute approximate surface area is 165 Å². The average Bonchev–Trinajstić information content (AvgIpc) is 3.49. The van der Waals surface area contributed by atoms with E-state index >= 15 is 0 Å². The van der Waals surface area contributed by atoms with E-state index in [-0.39, 0.29) is 23.8 Å². The molecule has 1 aliphatic carbocycles. The fourth-order valence-corrected chi connectivity index (χ4v) is 3.43. The van der Waals surface area contributed by atoms with Crippen LogP contribution in [0.1, 0.15) is 48.7 Å². The molecule has 0 bridgehead atoms. The van der Waals surface area contributed by atoms with Crippen molar-refractivity contribution < 1.29 is 9.59 Å². The number of rotatable bonds is 7. The quantitative estimate of drug-likeness (QED) is 0.745. The van der Waals surface area contributed by atoms with Gasteiger partial charge in [0.2, 0.25) is 5.91 Å². The van der Waals surface area contributed by atoms with Gasteiger partial charge in [0.25, 0.3) is 5.91 Å². The minimum atomic E-state index is -0.626. The normalized spacial score (nSPS) is 15.9. The Bertz CT molecular complexity index is 803. The molecule has 5 heteroatoms. The Morgan fingerprint density at radius 1 is 0.963 bits per heavy atom. The summed E-state index contributed by atoms with van der Waals surface area (Å²) < 4.78 is 0. The first kappa shape index (κ1) is 19.4. The Balaban J connectivity index is 1.73. The molecule has 27 heavy (non-hydrogen) atoms. The first-order chi connectivity index (χ1) is 13.0. The van der Waals surface area contributed by atoms with Crippen LogP contribution in [0, 0.1) is 11.8 Å². The summed E-state index contributed by atoms with van der Waals surface area (Å²) in [7, 11) is 0. The molecule has 2 aromatic rings. The van der Waals surface area contributed by atoms with Gasteiger partial charge in [-0.25, -0.2) is 0 Å². The van der Waals surface area contributed by atoms with Gasteiger partial charge in [-0.05, 0) is 42.4 Å². The summed E-state index contributed by atoms with van der Waals surface area (Å²) >= 11 is 6.11. The minimum absolute atomic E-state index is 0.0165. The second-order valence-electron chi connectivity index (χ2n) is 7.41. The number of hydrogen-bond acceptors (Lipinski definition) is 2. The molecule has 0 aliphatic heterocycles. The van der Waals surface area contributed by atoms with Crippen LogP contribution in [-0.4, -0.2) is 17.9 Å². The van der Waals surface area contributed by atoms with Gasteiger partial charge in [0.1, 0.15) is 6.04 Å². The minimum Gasteiger partial charge on any atom is -0.347 e. The fraction of sp³-hybridized carbons (Fsp3) is 0.364. The van der Waals surface area contributed by atoms with Gasteiger partial charge in [0, 0.05) is 0 Å². The number of carbonyl (C=O) groups is 2. The largest absolute Gasteiger partial charge is 0.347 e. The highest BCUT2D eigenvalue weighted by Crippen LogP contribution is 2.41. The molecule has 0 spiro atoms. The SMILES string of the molecule is CC(C)C(NC(=O)c1ccccc1Cl)C(=O)NC(c1ccccc1)C1CC1. The summed E-state index contributed by atoms with van der Waals surface area (Å²) in [4.78, 5) is 25.6. The monoisotopic (exact) mass is 384 g/mol. The van der Waals surface area contributed by atoms with Crippen molar-refractivity contribution in [3.8, 4) is 0 Å². The summed E-state index contributed by atoms with van der Waals surface area (Å²) in [5, 5.41) is 6.39. The second kappa shape index (κ2) is 8.57. The summed E-state index contributed by atoms with van der Waals surface area (Å²) in [5.41, 5.74) is 1.48. The van der Waals surface area contributed by atoms with Crippen LogP contribution >= 0.6 is 11.6 Å². The van der Waals surface area contributed by atoms with Gasteiger partial charge in [0.15, 0.2) is 0 Å². The maximum atomic E-state index is 13.0. The molecular weight excluding hydrogens is 360 g/mol. The molecule has 1 saturated carbocycles. The highest BCUT2D eigenvalue weighted by molar-refractivity contribution is 6.33. The molecule has 0 heterocycles. The number of nitrogens with one attached hydrogen (secondary N) is 2. The average molecular weight is 385 g/mol. The lowest BCUT2D eigenvalue weighted by Crippen LogP contribution is -2.50. The fourth-order valence-electron chi connectivity index (χ4n) is 3.21. The third-order valence-corrected chi connectivity index (χ3v) is 5.23. The van der Waals surface area contributed by atoms with Gasteiger partial charge in [-0.2, -0.15) is 0 Å². The van der Waals surface area contributed by atoms with Gasteiger partial charge in [0.05, 0.1) is 16.6 Å². The topological polar surface area (TPSA) is 58.2 Å². The number of hydrogen-bond donors (Lipinski definition) is 2. The van der Waals surface area contributed by atoms with Crippen LogP contribution in [0.2, 0.25) is 5.02 Å². The van der Waals surface area contributed by atoms with Crippen molar-refractivity contribution >= 4 is 23.4 Å². The highest BCUT2D eigenvalue weighted by Gasteiger charge is 2.35. The molecule has 2 amide bonds. The summed E-state index contributed by atoms with van der Waals surface area (Å²) in [6.07, 6.45) is 2.22. The maximum absolute atomic E-state index is 13.0. The van der Waals surface area contributed by atoms with E-state index in [0.29, 0.717) is 16.5 Å². The van der Waals surface area contributed by atoms with E-state index in [2.05, 4.69) is 10.6 Å². The van der Waals surface area contributed by atoms with E-state index in [0.717, 1.165) is 18.4 Å². The van der Waals surface area contributed by atoms with Crippen LogP contribution in [0.4, 0.5) is 0 Å².